The fraction of sp³-hybridized carbons (Fsp3) is 0.118. The van der Waals surface area contributed by atoms with E-state index in [9.17, 15) is 4.79 Å². The van der Waals surface area contributed by atoms with Crippen LogP contribution in [0.5, 0.6) is 0 Å². The van der Waals surface area contributed by atoms with Crippen LogP contribution in [-0.4, -0.2) is 15.9 Å². The van der Waals surface area contributed by atoms with Crippen molar-refractivity contribution in [2.75, 3.05) is 5.32 Å². The minimum Gasteiger partial charge on any atom is -0.298 e. The highest BCUT2D eigenvalue weighted by molar-refractivity contribution is 9.10. The van der Waals surface area contributed by atoms with Crippen LogP contribution in [0.2, 0.25) is 0 Å². The Morgan fingerprint density at radius 1 is 1.30 bits per heavy atom. The second kappa shape index (κ2) is 7.02. The number of nitrogens with zero attached hydrogens (tertiary/aromatic N) is 2. The van der Waals surface area contributed by atoms with Crippen LogP contribution in [0, 0.1) is 6.92 Å². The molecule has 3 aromatic rings. The van der Waals surface area contributed by atoms with E-state index in [1.54, 1.807) is 24.5 Å². The summed E-state index contributed by atoms with van der Waals surface area (Å²) in [4.78, 5) is 21.4. The molecule has 0 aliphatic heterocycles. The highest BCUT2D eigenvalue weighted by Crippen LogP contribution is 2.24. The van der Waals surface area contributed by atoms with E-state index in [4.69, 9.17) is 0 Å². The van der Waals surface area contributed by atoms with E-state index in [1.165, 1.54) is 28.7 Å². The normalized spacial score (nSPS) is 10.5. The number of benzene rings is 1. The molecule has 0 atom stereocenters. The zero-order valence-corrected chi connectivity index (χ0v) is 14.8. The van der Waals surface area contributed by atoms with Crippen LogP contribution >= 0.6 is 27.3 Å². The molecule has 0 saturated carbocycles. The van der Waals surface area contributed by atoms with Gasteiger partial charge in [-0.05, 0) is 36.2 Å². The number of aromatic nitrogens is 2. The van der Waals surface area contributed by atoms with Crippen molar-refractivity contribution in [3.05, 3.63) is 75.0 Å². The Morgan fingerprint density at radius 2 is 2.17 bits per heavy atom. The summed E-state index contributed by atoms with van der Waals surface area (Å²) in [6.07, 6.45) is 5.78. The SMILES string of the molecule is Cc1cc(Cc2cnc(NC(=O)c3cccnc3)s2)ccc1Br. The zero-order valence-electron chi connectivity index (χ0n) is 12.4. The van der Waals surface area contributed by atoms with Gasteiger partial charge in [-0.25, -0.2) is 4.98 Å². The summed E-state index contributed by atoms with van der Waals surface area (Å²) in [6, 6.07) is 9.75. The van der Waals surface area contributed by atoms with Crippen LogP contribution in [0.15, 0.2) is 53.4 Å². The Hall–Kier alpha value is -2.05. The highest BCUT2D eigenvalue weighted by Gasteiger charge is 2.09. The van der Waals surface area contributed by atoms with Crippen molar-refractivity contribution in [3.63, 3.8) is 0 Å². The second-order valence-corrected chi connectivity index (χ2v) is 7.06. The molecule has 116 valence electrons. The third kappa shape index (κ3) is 4.03. The predicted molar refractivity (Wildman–Crippen MR) is 96.0 cm³/mol. The Bertz CT molecular complexity index is 833. The Labute approximate surface area is 146 Å². The molecule has 2 aromatic heterocycles. The minimum absolute atomic E-state index is 0.196. The van der Waals surface area contributed by atoms with Gasteiger partial charge in [0.15, 0.2) is 5.13 Å². The summed E-state index contributed by atoms with van der Waals surface area (Å²) in [5.41, 5.74) is 2.95. The zero-order chi connectivity index (χ0) is 16.2. The number of halogens is 1. The minimum atomic E-state index is -0.196. The van der Waals surface area contributed by atoms with Gasteiger partial charge in [0.1, 0.15) is 0 Å². The second-order valence-electron chi connectivity index (χ2n) is 5.09. The highest BCUT2D eigenvalue weighted by atomic mass is 79.9. The van der Waals surface area contributed by atoms with Crippen molar-refractivity contribution in [2.24, 2.45) is 0 Å². The lowest BCUT2D eigenvalue weighted by Crippen LogP contribution is -2.11. The molecule has 0 fully saturated rings. The average molecular weight is 388 g/mol. The van der Waals surface area contributed by atoms with Crippen molar-refractivity contribution >= 4 is 38.3 Å². The Morgan fingerprint density at radius 3 is 2.91 bits per heavy atom. The van der Waals surface area contributed by atoms with Crippen LogP contribution in [-0.2, 0) is 6.42 Å². The fourth-order valence-corrected chi connectivity index (χ4v) is 3.22. The molecule has 6 heteroatoms. The topological polar surface area (TPSA) is 54.9 Å². The number of thiazole rings is 1. The lowest BCUT2D eigenvalue weighted by atomic mass is 10.1. The number of hydrogen-bond acceptors (Lipinski definition) is 4. The quantitative estimate of drug-likeness (QED) is 0.719. The van der Waals surface area contributed by atoms with Crippen LogP contribution in [0.1, 0.15) is 26.4 Å². The van der Waals surface area contributed by atoms with Crippen LogP contribution in [0.3, 0.4) is 0 Å². The first kappa shape index (κ1) is 15.8. The van der Waals surface area contributed by atoms with Gasteiger partial charge in [0, 0.05) is 34.4 Å². The largest absolute Gasteiger partial charge is 0.298 e. The van der Waals surface area contributed by atoms with E-state index in [-0.39, 0.29) is 5.91 Å². The number of pyridine rings is 1. The molecule has 2 heterocycles. The summed E-state index contributed by atoms with van der Waals surface area (Å²) in [7, 11) is 0. The molecule has 0 bridgehead atoms. The maximum absolute atomic E-state index is 12.1. The molecule has 4 nitrogen and oxygen atoms in total. The van der Waals surface area contributed by atoms with Gasteiger partial charge in [-0.2, -0.15) is 0 Å². The lowest BCUT2D eigenvalue weighted by Gasteiger charge is -2.02. The van der Waals surface area contributed by atoms with Crippen molar-refractivity contribution in [1.82, 2.24) is 9.97 Å². The van der Waals surface area contributed by atoms with E-state index in [1.807, 2.05) is 0 Å². The van der Waals surface area contributed by atoms with Crippen molar-refractivity contribution in [2.45, 2.75) is 13.3 Å². The van der Waals surface area contributed by atoms with Crippen molar-refractivity contribution in [1.29, 1.82) is 0 Å². The molecule has 1 aromatic carbocycles. The number of nitrogens with one attached hydrogen (secondary N) is 1. The fourth-order valence-electron chi connectivity index (χ4n) is 2.13. The number of anilines is 1. The molecule has 0 unspecified atom stereocenters. The van der Waals surface area contributed by atoms with Gasteiger partial charge in [0.2, 0.25) is 0 Å². The van der Waals surface area contributed by atoms with E-state index in [0.29, 0.717) is 10.7 Å². The van der Waals surface area contributed by atoms with E-state index in [0.717, 1.165) is 15.8 Å². The van der Waals surface area contributed by atoms with E-state index in [2.05, 4.69) is 56.3 Å². The summed E-state index contributed by atoms with van der Waals surface area (Å²) in [5, 5.41) is 3.41. The molecule has 23 heavy (non-hydrogen) atoms. The molecule has 0 spiro atoms. The monoisotopic (exact) mass is 387 g/mol. The molecular formula is C17H14BrN3OS. The van der Waals surface area contributed by atoms with E-state index < -0.39 is 0 Å². The lowest BCUT2D eigenvalue weighted by molar-refractivity contribution is 0.102. The van der Waals surface area contributed by atoms with Gasteiger partial charge in [-0.1, -0.05) is 28.1 Å². The average Bonchev–Trinajstić information content (AvgIpc) is 2.99. The third-order valence-electron chi connectivity index (χ3n) is 3.30. The number of hydrogen-bond donors (Lipinski definition) is 1. The summed E-state index contributed by atoms with van der Waals surface area (Å²) >= 11 is 4.99. The van der Waals surface area contributed by atoms with Crippen molar-refractivity contribution in [3.8, 4) is 0 Å². The molecular weight excluding hydrogens is 374 g/mol. The molecule has 0 aliphatic carbocycles. The van der Waals surface area contributed by atoms with Gasteiger partial charge in [-0.3, -0.25) is 15.1 Å². The Kier molecular flexibility index (Phi) is 4.83. The maximum atomic E-state index is 12.1. The number of aryl methyl sites for hydroxylation is 1. The Balaban J connectivity index is 1.68. The first-order chi connectivity index (χ1) is 11.1. The van der Waals surface area contributed by atoms with Crippen LogP contribution < -0.4 is 5.32 Å². The smallest absolute Gasteiger partial charge is 0.259 e. The van der Waals surface area contributed by atoms with Gasteiger partial charge in [-0.15, -0.1) is 11.3 Å². The first-order valence-electron chi connectivity index (χ1n) is 7.03. The molecule has 3 rings (SSSR count). The van der Waals surface area contributed by atoms with Gasteiger partial charge >= 0.3 is 0 Å². The molecule has 1 amide bonds. The summed E-state index contributed by atoms with van der Waals surface area (Å²) in [5.74, 6) is -0.196. The van der Waals surface area contributed by atoms with Crippen LogP contribution in [0.25, 0.3) is 0 Å². The number of carbonyl (C=O) groups excluding carboxylic acids is 1. The van der Waals surface area contributed by atoms with E-state index >= 15 is 0 Å². The number of rotatable bonds is 4. The van der Waals surface area contributed by atoms with Crippen LogP contribution in [0.4, 0.5) is 5.13 Å². The molecule has 0 aliphatic rings. The maximum Gasteiger partial charge on any atom is 0.259 e. The first-order valence-corrected chi connectivity index (χ1v) is 8.64. The number of carbonyl (C=O) groups is 1. The van der Waals surface area contributed by atoms with Gasteiger partial charge in [0.05, 0.1) is 5.56 Å². The van der Waals surface area contributed by atoms with Crippen molar-refractivity contribution < 1.29 is 4.79 Å². The standard InChI is InChI=1S/C17H14BrN3OS/c1-11-7-12(4-5-15(11)18)8-14-10-20-17(23-14)21-16(22)13-3-2-6-19-9-13/h2-7,9-10H,8H2,1H3,(H,20,21,22). The summed E-state index contributed by atoms with van der Waals surface area (Å²) in [6.45, 7) is 2.07. The molecule has 0 radical (unpaired) electrons. The van der Waals surface area contributed by atoms with Gasteiger partial charge in [0.25, 0.3) is 5.91 Å². The summed E-state index contributed by atoms with van der Waals surface area (Å²) < 4.78 is 1.11. The number of amides is 1. The molecule has 1 N–H and O–H groups in total. The molecule has 0 saturated heterocycles. The van der Waals surface area contributed by atoms with Gasteiger partial charge < -0.3 is 0 Å². The predicted octanol–water partition coefficient (Wildman–Crippen LogP) is 4.45. The third-order valence-corrected chi connectivity index (χ3v) is 5.10.